The standard InChI is InChI=1S/C12H16N2O3/c15-8-9-3-2-6-14(7-9)11-10(12(16)17)4-1-5-13-11/h1,4-5,9,15H,2-3,6-8H2,(H,16,17)/t9-/m1/s1. The molecule has 1 aromatic heterocycles. The lowest BCUT2D eigenvalue weighted by molar-refractivity contribution is 0.0697. The number of aliphatic hydroxyl groups excluding tert-OH is 1. The van der Waals surface area contributed by atoms with E-state index in [1.54, 1.807) is 18.3 Å². The second-order valence-corrected chi connectivity index (χ2v) is 4.32. The first kappa shape index (κ1) is 11.9. The molecule has 17 heavy (non-hydrogen) atoms. The van der Waals surface area contributed by atoms with E-state index < -0.39 is 5.97 Å². The van der Waals surface area contributed by atoms with E-state index in [0.29, 0.717) is 12.4 Å². The molecule has 0 aromatic carbocycles. The van der Waals surface area contributed by atoms with Crippen molar-refractivity contribution in [3.05, 3.63) is 23.9 Å². The van der Waals surface area contributed by atoms with Crippen LogP contribution in [0.3, 0.4) is 0 Å². The molecule has 2 N–H and O–H groups in total. The van der Waals surface area contributed by atoms with Crippen molar-refractivity contribution in [3.63, 3.8) is 0 Å². The summed E-state index contributed by atoms with van der Waals surface area (Å²) in [5, 5.41) is 18.3. The predicted octanol–water partition coefficient (Wildman–Crippen LogP) is 0.988. The summed E-state index contributed by atoms with van der Waals surface area (Å²) in [6.07, 6.45) is 3.55. The Bertz CT molecular complexity index is 408. The minimum Gasteiger partial charge on any atom is -0.478 e. The minimum atomic E-state index is -0.959. The fraction of sp³-hybridized carbons (Fsp3) is 0.500. The van der Waals surface area contributed by atoms with Crippen LogP contribution in [-0.4, -0.2) is 40.9 Å². The van der Waals surface area contributed by atoms with Gasteiger partial charge in [-0.2, -0.15) is 0 Å². The Morgan fingerprint density at radius 3 is 3.12 bits per heavy atom. The summed E-state index contributed by atoms with van der Waals surface area (Å²) in [7, 11) is 0. The van der Waals surface area contributed by atoms with Gasteiger partial charge in [-0.3, -0.25) is 0 Å². The summed E-state index contributed by atoms with van der Waals surface area (Å²) < 4.78 is 0. The van der Waals surface area contributed by atoms with Crippen LogP contribution in [0.5, 0.6) is 0 Å². The summed E-state index contributed by atoms with van der Waals surface area (Å²) in [6.45, 7) is 1.62. The maximum Gasteiger partial charge on any atom is 0.339 e. The van der Waals surface area contributed by atoms with Crippen LogP contribution in [-0.2, 0) is 0 Å². The number of carbonyl (C=O) groups is 1. The van der Waals surface area contributed by atoms with Gasteiger partial charge in [0.1, 0.15) is 11.4 Å². The number of hydrogen-bond acceptors (Lipinski definition) is 4. The molecule has 1 fully saturated rings. The summed E-state index contributed by atoms with van der Waals surface area (Å²) in [4.78, 5) is 17.2. The van der Waals surface area contributed by atoms with Crippen LogP contribution in [0.1, 0.15) is 23.2 Å². The van der Waals surface area contributed by atoms with Gasteiger partial charge in [-0.05, 0) is 30.9 Å². The fourth-order valence-electron chi connectivity index (χ4n) is 2.22. The average molecular weight is 236 g/mol. The topological polar surface area (TPSA) is 73.7 Å². The Hall–Kier alpha value is -1.62. The first-order valence-corrected chi connectivity index (χ1v) is 5.76. The van der Waals surface area contributed by atoms with Crippen molar-refractivity contribution in [2.75, 3.05) is 24.6 Å². The number of nitrogens with zero attached hydrogens (tertiary/aromatic N) is 2. The van der Waals surface area contributed by atoms with Crippen LogP contribution in [0.15, 0.2) is 18.3 Å². The number of anilines is 1. The van der Waals surface area contributed by atoms with Crippen molar-refractivity contribution >= 4 is 11.8 Å². The Morgan fingerprint density at radius 2 is 2.41 bits per heavy atom. The molecular weight excluding hydrogens is 220 g/mol. The Kier molecular flexibility index (Phi) is 3.58. The molecule has 1 atom stereocenters. The van der Waals surface area contributed by atoms with E-state index in [0.717, 1.165) is 19.4 Å². The van der Waals surface area contributed by atoms with Crippen LogP contribution < -0.4 is 4.90 Å². The first-order chi connectivity index (χ1) is 8.22. The van der Waals surface area contributed by atoms with Crippen LogP contribution in [0.4, 0.5) is 5.82 Å². The van der Waals surface area contributed by atoms with Gasteiger partial charge in [0.25, 0.3) is 0 Å². The van der Waals surface area contributed by atoms with E-state index in [-0.39, 0.29) is 18.1 Å². The summed E-state index contributed by atoms with van der Waals surface area (Å²) >= 11 is 0. The highest BCUT2D eigenvalue weighted by Crippen LogP contribution is 2.24. The Morgan fingerprint density at radius 1 is 1.59 bits per heavy atom. The second kappa shape index (κ2) is 5.14. The molecule has 1 aliphatic heterocycles. The van der Waals surface area contributed by atoms with Crippen molar-refractivity contribution < 1.29 is 15.0 Å². The van der Waals surface area contributed by atoms with Crippen molar-refractivity contribution in [1.82, 2.24) is 4.98 Å². The quantitative estimate of drug-likeness (QED) is 0.818. The number of carboxylic acid groups (broad SMARTS) is 1. The number of rotatable bonds is 3. The molecule has 0 radical (unpaired) electrons. The number of pyridine rings is 1. The number of aliphatic hydroxyl groups is 1. The molecule has 1 aromatic rings. The molecule has 2 rings (SSSR count). The Labute approximate surface area is 99.7 Å². The van der Waals surface area contributed by atoms with Gasteiger partial charge in [0.15, 0.2) is 0 Å². The minimum absolute atomic E-state index is 0.145. The number of aromatic nitrogens is 1. The van der Waals surface area contributed by atoms with Crippen molar-refractivity contribution in [2.45, 2.75) is 12.8 Å². The number of carboxylic acids is 1. The number of piperidine rings is 1. The van der Waals surface area contributed by atoms with E-state index in [9.17, 15) is 9.90 Å². The molecule has 0 saturated carbocycles. The molecular formula is C12H16N2O3. The second-order valence-electron chi connectivity index (χ2n) is 4.32. The van der Waals surface area contributed by atoms with Gasteiger partial charge in [-0.1, -0.05) is 0 Å². The van der Waals surface area contributed by atoms with Crippen LogP contribution in [0.25, 0.3) is 0 Å². The molecule has 92 valence electrons. The van der Waals surface area contributed by atoms with Gasteiger partial charge in [0, 0.05) is 25.9 Å². The summed E-state index contributed by atoms with van der Waals surface area (Å²) in [5.74, 6) is -0.232. The molecule has 5 nitrogen and oxygen atoms in total. The third kappa shape index (κ3) is 2.55. The van der Waals surface area contributed by atoms with Crippen LogP contribution >= 0.6 is 0 Å². The Balaban J connectivity index is 2.24. The lowest BCUT2D eigenvalue weighted by Crippen LogP contribution is -2.38. The summed E-state index contributed by atoms with van der Waals surface area (Å²) in [6, 6.07) is 3.19. The van der Waals surface area contributed by atoms with Crippen molar-refractivity contribution in [3.8, 4) is 0 Å². The monoisotopic (exact) mass is 236 g/mol. The largest absolute Gasteiger partial charge is 0.478 e. The van der Waals surface area contributed by atoms with Crippen molar-refractivity contribution in [2.24, 2.45) is 5.92 Å². The van der Waals surface area contributed by atoms with Gasteiger partial charge < -0.3 is 15.1 Å². The van der Waals surface area contributed by atoms with Crippen LogP contribution in [0.2, 0.25) is 0 Å². The molecule has 0 aliphatic carbocycles. The van der Waals surface area contributed by atoms with E-state index in [1.807, 2.05) is 4.90 Å². The zero-order chi connectivity index (χ0) is 12.3. The first-order valence-electron chi connectivity index (χ1n) is 5.76. The van der Waals surface area contributed by atoms with Crippen LogP contribution in [0, 0.1) is 5.92 Å². The number of aromatic carboxylic acids is 1. The maximum absolute atomic E-state index is 11.1. The number of hydrogen-bond donors (Lipinski definition) is 2. The highest BCUT2D eigenvalue weighted by Gasteiger charge is 2.23. The fourth-order valence-corrected chi connectivity index (χ4v) is 2.22. The van der Waals surface area contributed by atoms with Gasteiger partial charge in [-0.25, -0.2) is 9.78 Å². The van der Waals surface area contributed by atoms with E-state index in [2.05, 4.69) is 4.98 Å². The molecule has 0 unspecified atom stereocenters. The lowest BCUT2D eigenvalue weighted by atomic mass is 9.98. The highest BCUT2D eigenvalue weighted by atomic mass is 16.4. The van der Waals surface area contributed by atoms with E-state index in [4.69, 9.17) is 5.11 Å². The molecule has 0 amide bonds. The predicted molar refractivity (Wildman–Crippen MR) is 63.2 cm³/mol. The molecule has 0 spiro atoms. The normalized spacial score (nSPS) is 20.3. The molecule has 5 heteroatoms. The van der Waals surface area contributed by atoms with Crippen molar-refractivity contribution in [1.29, 1.82) is 0 Å². The van der Waals surface area contributed by atoms with Gasteiger partial charge >= 0.3 is 5.97 Å². The molecule has 0 bridgehead atoms. The smallest absolute Gasteiger partial charge is 0.339 e. The molecule has 1 aliphatic rings. The third-order valence-electron chi connectivity index (χ3n) is 3.09. The van der Waals surface area contributed by atoms with Gasteiger partial charge in [0.2, 0.25) is 0 Å². The summed E-state index contributed by atoms with van der Waals surface area (Å²) in [5.41, 5.74) is 0.228. The van der Waals surface area contributed by atoms with E-state index in [1.165, 1.54) is 0 Å². The third-order valence-corrected chi connectivity index (χ3v) is 3.09. The highest BCUT2D eigenvalue weighted by molar-refractivity contribution is 5.93. The molecule has 2 heterocycles. The molecule has 1 saturated heterocycles. The zero-order valence-corrected chi connectivity index (χ0v) is 9.54. The van der Waals surface area contributed by atoms with Gasteiger partial charge in [-0.15, -0.1) is 0 Å². The average Bonchev–Trinajstić information content (AvgIpc) is 2.39. The zero-order valence-electron chi connectivity index (χ0n) is 9.54. The SMILES string of the molecule is O=C(O)c1cccnc1N1CCC[C@@H](CO)C1. The maximum atomic E-state index is 11.1. The van der Waals surface area contributed by atoms with Gasteiger partial charge in [0.05, 0.1) is 0 Å². The lowest BCUT2D eigenvalue weighted by Gasteiger charge is -2.33. The van der Waals surface area contributed by atoms with E-state index >= 15 is 0 Å².